The molecule has 220 valence electrons. The summed E-state index contributed by atoms with van der Waals surface area (Å²) in [6.45, 7) is 7.52. The fourth-order valence-corrected chi connectivity index (χ4v) is 5.79. The van der Waals surface area contributed by atoms with Crippen molar-refractivity contribution in [3.8, 4) is 29.0 Å². The van der Waals surface area contributed by atoms with Crippen molar-refractivity contribution in [1.29, 1.82) is 5.26 Å². The number of aromatic nitrogens is 3. The highest BCUT2D eigenvalue weighted by Gasteiger charge is 2.33. The molecule has 0 spiro atoms. The van der Waals surface area contributed by atoms with Gasteiger partial charge in [0.1, 0.15) is 23.1 Å². The summed E-state index contributed by atoms with van der Waals surface area (Å²) in [5, 5.41) is 17.2. The van der Waals surface area contributed by atoms with Gasteiger partial charge >= 0.3 is 0 Å². The van der Waals surface area contributed by atoms with Crippen molar-refractivity contribution in [2.75, 3.05) is 50.7 Å². The Hall–Kier alpha value is -3.85. The van der Waals surface area contributed by atoms with Crippen LogP contribution in [0, 0.1) is 16.7 Å². The van der Waals surface area contributed by atoms with Crippen LogP contribution in [0.3, 0.4) is 0 Å². The number of fused-ring (bicyclic) bond motifs is 1. The summed E-state index contributed by atoms with van der Waals surface area (Å²) in [5.41, 5.74) is 0.543. The number of halogens is 2. The third-order valence-corrected chi connectivity index (χ3v) is 8.47. The second-order valence-corrected chi connectivity index (χ2v) is 11.3. The Balaban J connectivity index is 1.60. The number of hydrogen-bond donors (Lipinski definition) is 2. The van der Waals surface area contributed by atoms with E-state index >= 15 is 0 Å². The highest BCUT2D eigenvalue weighted by molar-refractivity contribution is 6.41. The molecule has 2 fully saturated rings. The van der Waals surface area contributed by atoms with Crippen LogP contribution in [0.15, 0.2) is 31.0 Å². The Morgan fingerprint density at radius 1 is 1.17 bits per heavy atom. The van der Waals surface area contributed by atoms with Crippen molar-refractivity contribution in [2.45, 2.75) is 31.8 Å². The third-order valence-electron chi connectivity index (χ3n) is 7.72. The van der Waals surface area contributed by atoms with Crippen LogP contribution < -0.4 is 25.0 Å². The molecule has 2 N–H and O–H groups in total. The van der Waals surface area contributed by atoms with E-state index < -0.39 is 5.41 Å². The molecular formula is C29H31Cl2N7O4. The summed E-state index contributed by atoms with van der Waals surface area (Å²) in [6.07, 6.45) is 4.25. The molecule has 2 aliphatic heterocycles. The number of carbonyl (C=O) groups is 1. The van der Waals surface area contributed by atoms with E-state index in [1.54, 1.807) is 12.3 Å². The van der Waals surface area contributed by atoms with E-state index in [1.807, 2.05) is 13.0 Å². The number of methoxy groups -OCH3 is 2. The van der Waals surface area contributed by atoms with Crippen molar-refractivity contribution < 1.29 is 19.0 Å². The van der Waals surface area contributed by atoms with Gasteiger partial charge in [-0.3, -0.25) is 4.79 Å². The molecule has 13 heteroatoms. The number of anilines is 2. The Kier molecular flexibility index (Phi) is 8.59. The molecule has 0 saturated carbocycles. The highest BCUT2D eigenvalue weighted by Crippen LogP contribution is 2.46. The van der Waals surface area contributed by atoms with Crippen LogP contribution in [0.5, 0.6) is 11.5 Å². The first-order chi connectivity index (χ1) is 20.2. The van der Waals surface area contributed by atoms with Crippen LogP contribution in [0.25, 0.3) is 22.3 Å². The maximum absolute atomic E-state index is 11.9. The van der Waals surface area contributed by atoms with Gasteiger partial charge < -0.3 is 29.7 Å². The maximum Gasteiger partial charge on any atom is 0.243 e. The average molecular weight is 613 g/mol. The number of pyridine rings is 1. The number of amides is 1. The Morgan fingerprint density at radius 3 is 2.45 bits per heavy atom. The molecule has 4 heterocycles. The molecule has 2 aliphatic rings. The van der Waals surface area contributed by atoms with Crippen molar-refractivity contribution in [1.82, 2.24) is 20.3 Å². The Labute approximate surface area is 253 Å². The number of ether oxygens (including phenoxy) is 3. The van der Waals surface area contributed by atoms with Crippen LogP contribution in [0.4, 0.5) is 11.6 Å². The smallest absolute Gasteiger partial charge is 0.243 e. The minimum absolute atomic E-state index is 0.198. The fraction of sp³-hybridized carbons (Fsp3) is 0.414. The second-order valence-electron chi connectivity index (χ2n) is 10.5. The Morgan fingerprint density at radius 2 is 1.83 bits per heavy atom. The minimum atomic E-state index is -0.406. The minimum Gasteiger partial charge on any atom is -0.495 e. The number of rotatable bonds is 8. The molecular weight excluding hydrogens is 581 g/mol. The van der Waals surface area contributed by atoms with Crippen LogP contribution in [-0.4, -0.2) is 73.5 Å². The Bertz CT molecular complexity index is 1540. The summed E-state index contributed by atoms with van der Waals surface area (Å²) in [6, 6.07) is 5.50. The van der Waals surface area contributed by atoms with Crippen molar-refractivity contribution in [3.63, 3.8) is 0 Å². The SMILES string of the molecule is C=CC(=O)N[C@H]1COC[C@H]1Nc1cc2c(N3CCC(C)(C#N)CC3)nc(-c3c(Cl)c(OC)cc(OC)c3Cl)nc2cn1. The van der Waals surface area contributed by atoms with E-state index in [0.29, 0.717) is 73.4 Å². The number of carbonyl (C=O) groups excluding carboxylic acids is 1. The number of nitriles is 1. The van der Waals surface area contributed by atoms with Crippen LogP contribution in [0.1, 0.15) is 19.8 Å². The van der Waals surface area contributed by atoms with Gasteiger partial charge in [0.25, 0.3) is 0 Å². The van der Waals surface area contributed by atoms with E-state index in [1.165, 1.54) is 20.3 Å². The van der Waals surface area contributed by atoms with Crippen LogP contribution in [0.2, 0.25) is 10.0 Å². The largest absolute Gasteiger partial charge is 0.495 e. The lowest BCUT2D eigenvalue weighted by Gasteiger charge is -2.36. The summed E-state index contributed by atoms with van der Waals surface area (Å²) in [7, 11) is 3.01. The predicted molar refractivity (Wildman–Crippen MR) is 161 cm³/mol. The standard InChI is InChI=1S/C29H31Cl2N7O4/c1-5-23(39)35-19-14-42-13-18(19)34-22-10-16-17(12-33-22)36-27(24-25(30)20(40-3)11-21(41-4)26(24)31)37-28(16)38-8-6-29(2,15-32)7-9-38/h5,10-12,18-19H,1,6-9,13-14H2,2-4H3,(H,33,34)(H,35,39)/t18-,19+/m1/s1. The lowest BCUT2D eigenvalue weighted by Crippen LogP contribution is -2.45. The number of nitrogens with one attached hydrogen (secondary N) is 2. The summed E-state index contributed by atoms with van der Waals surface area (Å²) in [5.74, 6) is 2.00. The summed E-state index contributed by atoms with van der Waals surface area (Å²) >= 11 is 13.5. The zero-order valence-electron chi connectivity index (χ0n) is 23.5. The van der Waals surface area contributed by atoms with Gasteiger partial charge in [0.15, 0.2) is 5.82 Å². The number of benzene rings is 1. The molecule has 2 aromatic heterocycles. The number of nitrogens with zero attached hydrogens (tertiary/aromatic N) is 5. The first-order valence-corrected chi connectivity index (χ1v) is 14.2. The van der Waals surface area contributed by atoms with Gasteiger partial charge in [-0.1, -0.05) is 29.8 Å². The van der Waals surface area contributed by atoms with E-state index in [4.69, 9.17) is 47.4 Å². The zero-order valence-corrected chi connectivity index (χ0v) is 25.1. The molecule has 5 rings (SSSR count). The van der Waals surface area contributed by atoms with E-state index in [-0.39, 0.29) is 33.9 Å². The van der Waals surface area contributed by atoms with Gasteiger partial charge in [0.2, 0.25) is 5.91 Å². The monoisotopic (exact) mass is 611 g/mol. The topological polar surface area (TPSA) is 135 Å². The molecule has 1 aromatic carbocycles. The molecule has 0 aliphatic carbocycles. The van der Waals surface area contributed by atoms with Crippen LogP contribution in [-0.2, 0) is 9.53 Å². The zero-order chi connectivity index (χ0) is 30.0. The first-order valence-electron chi connectivity index (χ1n) is 13.4. The van der Waals surface area contributed by atoms with Crippen LogP contribution >= 0.6 is 23.2 Å². The molecule has 0 bridgehead atoms. The van der Waals surface area contributed by atoms with Crippen molar-refractivity contribution >= 4 is 51.6 Å². The van der Waals surface area contributed by atoms with Gasteiger partial charge in [-0.15, -0.1) is 0 Å². The number of hydrogen-bond acceptors (Lipinski definition) is 10. The average Bonchev–Trinajstić information content (AvgIpc) is 3.43. The van der Waals surface area contributed by atoms with E-state index in [0.717, 1.165) is 5.39 Å². The lowest BCUT2D eigenvalue weighted by atomic mass is 9.82. The third kappa shape index (κ3) is 5.75. The molecule has 1 amide bonds. The number of piperidine rings is 1. The molecule has 0 radical (unpaired) electrons. The molecule has 2 saturated heterocycles. The first kappa shape index (κ1) is 29.6. The normalized spacial score (nSPS) is 19.7. The van der Waals surface area contributed by atoms with E-state index in [9.17, 15) is 10.1 Å². The molecule has 0 unspecified atom stereocenters. The summed E-state index contributed by atoms with van der Waals surface area (Å²) in [4.78, 5) is 28.4. The van der Waals surface area contributed by atoms with Gasteiger partial charge in [0, 0.05) is 24.5 Å². The van der Waals surface area contributed by atoms with Crippen molar-refractivity contribution in [2.24, 2.45) is 5.41 Å². The van der Waals surface area contributed by atoms with Gasteiger partial charge in [0.05, 0.1) is 78.3 Å². The van der Waals surface area contributed by atoms with E-state index in [2.05, 4.69) is 33.2 Å². The predicted octanol–water partition coefficient (Wildman–Crippen LogP) is 4.63. The molecule has 11 nitrogen and oxygen atoms in total. The molecule has 42 heavy (non-hydrogen) atoms. The van der Waals surface area contributed by atoms with Gasteiger partial charge in [-0.2, -0.15) is 5.26 Å². The summed E-state index contributed by atoms with van der Waals surface area (Å²) < 4.78 is 16.5. The van der Waals surface area contributed by atoms with Crippen molar-refractivity contribution in [3.05, 3.63) is 41.0 Å². The maximum atomic E-state index is 11.9. The van der Waals surface area contributed by atoms with Gasteiger partial charge in [-0.05, 0) is 31.9 Å². The quantitative estimate of drug-likeness (QED) is 0.347. The van der Waals surface area contributed by atoms with Gasteiger partial charge in [-0.25, -0.2) is 15.0 Å². The second kappa shape index (κ2) is 12.2. The highest BCUT2D eigenvalue weighted by atomic mass is 35.5. The molecule has 3 aromatic rings. The lowest BCUT2D eigenvalue weighted by molar-refractivity contribution is -0.117. The fourth-order valence-electron chi connectivity index (χ4n) is 5.12. The molecule has 2 atom stereocenters.